The summed E-state index contributed by atoms with van der Waals surface area (Å²) in [5.74, 6) is 0.692. The van der Waals surface area contributed by atoms with E-state index in [0.717, 1.165) is 18.7 Å². The number of nitrogens with one attached hydrogen (secondary N) is 1. The number of benzene rings is 1. The molecule has 0 radical (unpaired) electrons. The van der Waals surface area contributed by atoms with Crippen LogP contribution < -0.4 is 10.1 Å². The average molecular weight is 269 g/mol. The van der Waals surface area contributed by atoms with Gasteiger partial charge >= 0.3 is 0 Å². The van der Waals surface area contributed by atoms with Crippen LogP contribution in [0.25, 0.3) is 0 Å². The fourth-order valence-electron chi connectivity index (χ4n) is 2.22. The molecule has 1 aromatic heterocycles. The van der Waals surface area contributed by atoms with Gasteiger partial charge in [0, 0.05) is 18.4 Å². The largest absolute Gasteiger partial charge is 0.495 e. The molecule has 1 N–H and O–H groups in total. The van der Waals surface area contributed by atoms with Gasteiger partial charge in [-0.05, 0) is 30.7 Å². The molecule has 2 aromatic rings. The number of aromatic nitrogens is 1. The van der Waals surface area contributed by atoms with Crippen molar-refractivity contribution in [2.75, 3.05) is 12.4 Å². The number of aryl methyl sites for hydroxylation is 1. The van der Waals surface area contributed by atoms with Crippen LogP contribution in [0, 0.1) is 11.3 Å². The molecule has 20 heavy (non-hydrogen) atoms. The zero-order valence-electron chi connectivity index (χ0n) is 11.9. The molecule has 0 unspecified atom stereocenters. The number of hydrogen-bond donors (Lipinski definition) is 1. The van der Waals surface area contributed by atoms with Gasteiger partial charge in [0.15, 0.2) is 0 Å². The SMILES string of the molecule is CCCn1cccc1CNc1c(C#N)cccc1OC. The molecular weight excluding hydrogens is 250 g/mol. The molecule has 0 bridgehead atoms. The third kappa shape index (κ3) is 2.94. The summed E-state index contributed by atoms with van der Waals surface area (Å²) >= 11 is 0. The second-order valence-corrected chi connectivity index (χ2v) is 4.54. The molecule has 0 amide bonds. The summed E-state index contributed by atoms with van der Waals surface area (Å²) in [6, 6.07) is 11.8. The first kappa shape index (κ1) is 14.0. The van der Waals surface area contributed by atoms with Crippen molar-refractivity contribution < 1.29 is 4.74 Å². The van der Waals surface area contributed by atoms with E-state index in [-0.39, 0.29) is 0 Å². The van der Waals surface area contributed by atoms with Gasteiger partial charge in [0.05, 0.1) is 24.9 Å². The maximum absolute atomic E-state index is 9.18. The third-order valence-corrected chi connectivity index (χ3v) is 3.20. The summed E-state index contributed by atoms with van der Waals surface area (Å²) in [6.07, 6.45) is 3.17. The lowest BCUT2D eigenvalue weighted by Crippen LogP contribution is -2.08. The van der Waals surface area contributed by atoms with Crippen LogP contribution in [-0.2, 0) is 13.1 Å². The Kier molecular flexibility index (Phi) is 4.67. The molecule has 1 heterocycles. The van der Waals surface area contributed by atoms with Gasteiger partial charge in [0.25, 0.3) is 0 Å². The minimum atomic E-state index is 0.595. The molecule has 4 heteroatoms. The van der Waals surface area contributed by atoms with Gasteiger partial charge in [0.1, 0.15) is 11.8 Å². The van der Waals surface area contributed by atoms with E-state index in [9.17, 15) is 5.26 Å². The van der Waals surface area contributed by atoms with E-state index < -0.39 is 0 Å². The number of nitrogens with zero attached hydrogens (tertiary/aromatic N) is 2. The normalized spacial score (nSPS) is 10.1. The van der Waals surface area contributed by atoms with Crippen molar-refractivity contribution in [2.45, 2.75) is 26.4 Å². The molecule has 2 rings (SSSR count). The second-order valence-electron chi connectivity index (χ2n) is 4.54. The maximum Gasteiger partial charge on any atom is 0.143 e. The Bertz CT molecular complexity index is 610. The lowest BCUT2D eigenvalue weighted by molar-refractivity contribution is 0.416. The standard InChI is InChI=1S/C16H19N3O/c1-3-9-19-10-5-7-14(19)12-18-16-13(11-17)6-4-8-15(16)20-2/h4-8,10,18H,3,9,12H2,1-2H3. The molecule has 0 atom stereocenters. The Morgan fingerprint density at radius 1 is 1.30 bits per heavy atom. The van der Waals surface area contributed by atoms with Gasteiger partial charge in [-0.15, -0.1) is 0 Å². The molecular formula is C16H19N3O. The molecule has 0 aliphatic carbocycles. The fourth-order valence-corrected chi connectivity index (χ4v) is 2.22. The molecule has 0 aliphatic heterocycles. The van der Waals surface area contributed by atoms with Gasteiger partial charge in [-0.25, -0.2) is 0 Å². The molecule has 1 aromatic carbocycles. The minimum absolute atomic E-state index is 0.595. The van der Waals surface area contributed by atoms with E-state index in [2.05, 4.69) is 35.1 Å². The van der Waals surface area contributed by atoms with Crippen LogP contribution in [0.15, 0.2) is 36.5 Å². The number of anilines is 1. The van der Waals surface area contributed by atoms with E-state index in [1.54, 1.807) is 13.2 Å². The van der Waals surface area contributed by atoms with Gasteiger partial charge in [-0.2, -0.15) is 5.26 Å². The minimum Gasteiger partial charge on any atom is -0.495 e. The highest BCUT2D eigenvalue weighted by molar-refractivity contribution is 5.66. The summed E-state index contributed by atoms with van der Waals surface area (Å²) in [5, 5.41) is 12.5. The van der Waals surface area contributed by atoms with E-state index >= 15 is 0 Å². The first-order valence-electron chi connectivity index (χ1n) is 6.75. The number of nitriles is 1. The van der Waals surface area contributed by atoms with Crippen molar-refractivity contribution in [3.63, 3.8) is 0 Å². The molecule has 0 fully saturated rings. The van der Waals surface area contributed by atoms with Crippen LogP contribution in [0.1, 0.15) is 24.6 Å². The summed E-state index contributed by atoms with van der Waals surface area (Å²) < 4.78 is 7.53. The molecule has 104 valence electrons. The van der Waals surface area contributed by atoms with E-state index in [4.69, 9.17) is 4.74 Å². The predicted molar refractivity (Wildman–Crippen MR) is 79.8 cm³/mol. The quantitative estimate of drug-likeness (QED) is 0.874. The summed E-state index contributed by atoms with van der Waals surface area (Å²) in [5.41, 5.74) is 2.54. The van der Waals surface area contributed by atoms with Crippen LogP contribution in [-0.4, -0.2) is 11.7 Å². The van der Waals surface area contributed by atoms with Crippen LogP contribution in [0.4, 0.5) is 5.69 Å². The Labute approximate surface area is 119 Å². The van der Waals surface area contributed by atoms with Gasteiger partial charge in [0.2, 0.25) is 0 Å². The summed E-state index contributed by atoms with van der Waals surface area (Å²) in [6.45, 7) is 3.83. The monoisotopic (exact) mass is 269 g/mol. The van der Waals surface area contributed by atoms with Crippen LogP contribution in [0.2, 0.25) is 0 Å². The van der Waals surface area contributed by atoms with Gasteiger partial charge in [-0.3, -0.25) is 0 Å². The third-order valence-electron chi connectivity index (χ3n) is 3.20. The zero-order chi connectivity index (χ0) is 14.4. The van der Waals surface area contributed by atoms with Crippen molar-refractivity contribution >= 4 is 5.69 Å². The van der Waals surface area contributed by atoms with Crippen molar-refractivity contribution in [1.82, 2.24) is 4.57 Å². The Balaban J connectivity index is 2.18. The second kappa shape index (κ2) is 6.67. The summed E-state index contributed by atoms with van der Waals surface area (Å²) in [7, 11) is 1.61. The van der Waals surface area contributed by atoms with Crippen molar-refractivity contribution in [2.24, 2.45) is 0 Å². The summed E-state index contributed by atoms with van der Waals surface area (Å²) in [4.78, 5) is 0. The van der Waals surface area contributed by atoms with E-state index in [1.807, 2.05) is 18.2 Å². The average Bonchev–Trinajstić information content (AvgIpc) is 2.92. The Morgan fingerprint density at radius 3 is 2.85 bits per heavy atom. The fraction of sp³-hybridized carbons (Fsp3) is 0.312. The number of rotatable bonds is 6. The topological polar surface area (TPSA) is 50.0 Å². The molecule has 0 saturated carbocycles. The van der Waals surface area contributed by atoms with E-state index in [0.29, 0.717) is 17.9 Å². The lowest BCUT2D eigenvalue weighted by Gasteiger charge is -2.14. The molecule has 0 spiro atoms. The van der Waals surface area contributed by atoms with Crippen LogP contribution in [0.5, 0.6) is 5.75 Å². The number of hydrogen-bond acceptors (Lipinski definition) is 3. The number of ether oxygens (including phenoxy) is 1. The van der Waals surface area contributed by atoms with Crippen LogP contribution >= 0.6 is 0 Å². The van der Waals surface area contributed by atoms with Gasteiger partial charge < -0.3 is 14.6 Å². The molecule has 4 nitrogen and oxygen atoms in total. The highest BCUT2D eigenvalue weighted by atomic mass is 16.5. The highest BCUT2D eigenvalue weighted by Crippen LogP contribution is 2.28. The van der Waals surface area contributed by atoms with Crippen LogP contribution in [0.3, 0.4) is 0 Å². The van der Waals surface area contributed by atoms with E-state index in [1.165, 1.54) is 5.69 Å². The maximum atomic E-state index is 9.18. The van der Waals surface area contributed by atoms with Crippen molar-refractivity contribution in [3.8, 4) is 11.8 Å². The highest BCUT2D eigenvalue weighted by Gasteiger charge is 2.09. The van der Waals surface area contributed by atoms with Gasteiger partial charge in [-0.1, -0.05) is 13.0 Å². The first-order valence-corrected chi connectivity index (χ1v) is 6.75. The van der Waals surface area contributed by atoms with Crippen molar-refractivity contribution in [1.29, 1.82) is 5.26 Å². The smallest absolute Gasteiger partial charge is 0.143 e. The molecule has 0 saturated heterocycles. The Hall–Kier alpha value is -2.41. The number of para-hydroxylation sites is 1. The first-order chi connectivity index (χ1) is 9.80. The number of methoxy groups -OCH3 is 1. The lowest BCUT2D eigenvalue weighted by atomic mass is 10.1. The predicted octanol–water partition coefficient (Wildman–Crippen LogP) is 3.39. The zero-order valence-corrected chi connectivity index (χ0v) is 11.9. The molecule has 0 aliphatic rings. The Morgan fingerprint density at radius 2 is 2.15 bits per heavy atom. The van der Waals surface area contributed by atoms with Crippen molar-refractivity contribution in [3.05, 3.63) is 47.8 Å².